The number of hydrogen-bond acceptors (Lipinski definition) is 6. The molecule has 3 aromatic rings. The van der Waals surface area contributed by atoms with E-state index in [1.165, 1.54) is 23.4 Å². The predicted octanol–water partition coefficient (Wildman–Crippen LogP) is 2.89. The number of carbonyl (C=O) groups is 1. The smallest absolute Gasteiger partial charge is 0.332 e. The van der Waals surface area contributed by atoms with Gasteiger partial charge in [0, 0.05) is 30.9 Å². The van der Waals surface area contributed by atoms with Gasteiger partial charge in [0.2, 0.25) is 5.91 Å². The molecular weight excluding hydrogens is 416 g/mol. The van der Waals surface area contributed by atoms with Crippen LogP contribution in [-0.4, -0.2) is 32.4 Å². The van der Waals surface area contributed by atoms with Gasteiger partial charge in [-0.1, -0.05) is 13.8 Å². The number of carbonyl (C=O) groups excluding carboxylic acids is 1. The Hall–Kier alpha value is -3.07. The summed E-state index contributed by atoms with van der Waals surface area (Å²) in [7, 11) is 3.03. The molecular formula is C22H26N4O4S. The highest BCUT2D eigenvalue weighted by Crippen LogP contribution is 2.32. The van der Waals surface area contributed by atoms with E-state index in [-0.39, 0.29) is 17.6 Å². The van der Waals surface area contributed by atoms with E-state index >= 15 is 0 Å². The van der Waals surface area contributed by atoms with Gasteiger partial charge in [-0.15, -0.1) is 11.8 Å². The van der Waals surface area contributed by atoms with Gasteiger partial charge < -0.3 is 10.1 Å². The van der Waals surface area contributed by atoms with Crippen molar-refractivity contribution in [2.45, 2.75) is 31.6 Å². The van der Waals surface area contributed by atoms with Crippen LogP contribution in [0.3, 0.4) is 0 Å². The van der Waals surface area contributed by atoms with Crippen molar-refractivity contribution in [3.8, 4) is 5.75 Å². The Kier molecular flexibility index (Phi) is 6.84. The average molecular weight is 443 g/mol. The number of amides is 1. The predicted molar refractivity (Wildman–Crippen MR) is 123 cm³/mol. The zero-order valence-corrected chi connectivity index (χ0v) is 19.1. The Morgan fingerprint density at radius 1 is 1.16 bits per heavy atom. The van der Waals surface area contributed by atoms with E-state index in [0.29, 0.717) is 28.2 Å². The number of hydrogen-bond donors (Lipinski definition) is 1. The first-order valence-electron chi connectivity index (χ1n) is 9.98. The van der Waals surface area contributed by atoms with Crippen molar-refractivity contribution in [3.05, 3.63) is 56.9 Å². The molecule has 0 atom stereocenters. The van der Waals surface area contributed by atoms with Gasteiger partial charge in [-0.25, -0.2) is 9.78 Å². The molecule has 2 heterocycles. The number of nitrogens with one attached hydrogen (secondary N) is 1. The zero-order valence-electron chi connectivity index (χ0n) is 18.3. The van der Waals surface area contributed by atoms with Crippen molar-refractivity contribution in [2.24, 2.45) is 14.1 Å². The molecule has 0 bridgehead atoms. The van der Waals surface area contributed by atoms with Gasteiger partial charge in [-0.2, -0.15) is 0 Å². The minimum Gasteiger partial charge on any atom is -0.494 e. The van der Waals surface area contributed by atoms with Gasteiger partial charge in [0.1, 0.15) is 11.4 Å². The van der Waals surface area contributed by atoms with E-state index in [2.05, 4.69) is 10.3 Å². The number of nitrogens with zero attached hydrogens (tertiary/aromatic N) is 3. The van der Waals surface area contributed by atoms with Crippen LogP contribution >= 0.6 is 11.8 Å². The number of anilines is 1. The molecule has 1 aromatic carbocycles. The third-order valence-corrected chi connectivity index (χ3v) is 6.00. The molecule has 0 aliphatic carbocycles. The van der Waals surface area contributed by atoms with Crippen molar-refractivity contribution < 1.29 is 9.53 Å². The quantitative estimate of drug-likeness (QED) is 0.566. The van der Waals surface area contributed by atoms with E-state index in [1.54, 1.807) is 37.5 Å². The highest BCUT2D eigenvalue weighted by atomic mass is 32.2. The Bertz CT molecular complexity index is 1230. The minimum atomic E-state index is -0.438. The summed E-state index contributed by atoms with van der Waals surface area (Å²) in [6, 6.07) is 7.15. The summed E-state index contributed by atoms with van der Waals surface area (Å²) < 4.78 is 7.83. The van der Waals surface area contributed by atoms with Crippen molar-refractivity contribution in [1.82, 2.24) is 14.1 Å². The summed E-state index contributed by atoms with van der Waals surface area (Å²) in [4.78, 5) is 42.8. The van der Waals surface area contributed by atoms with Gasteiger partial charge in [-0.3, -0.25) is 18.7 Å². The number of rotatable bonds is 7. The molecule has 0 spiro atoms. The number of thioether (sulfide) groups is 1. The summed E-state index contributed by atoms with van der Waals surface area (Å²) in [5.74, 6) is 0.741. The second-order valence-corrected chi connectivity index (χ2v) is 8.38. The van der Waals surface area contributed by atoms with E-state index in [1.807, 2.05) is 20.8 Å². The van der Waals surface area contributed by atoms with Crippen LogP contribution in [0.2, 0.25) is 0 Å². The fourth-order valence-electron chi connectivity index (χ4n) is 3.22. The molecule has 0 fully saturated rings. The normalized spacial score (nSPS) is 11.2. The fourth-order valence-corrected chi connectivity index (χ4v) is 4.35. The third kappa shape index (κ3) is 4.66. The number of ether oxygens (including phenoxy) is 1. The first-order chi connectivity index (χ1) is 14.7. The number of aromatic nitrogens is 3. The molecule has 0 saturated carbocycles. The maximum atomic E-state index is 12.9. The van der Waals surface area contributed by atoms with Crippen LogP contribution in [0, 0.1) is 0 Å². The topological polar surface area (TPSA) is 95.2 Å². The highest BCUT2D eigenvalue weighted by molar-refractivity contribution is 8.00. The molecule has 31 heavy (non-hydrogen) atoms. The van der Waals surface area contributed by atoms with Crippen LogP contribution < -0.4 is 21.3 Å². The maximum Gasteiger partial charge on any atom is 0.332 e. The van der Waals surface area contributed by atoms with Gasteiger partial charge in [-0.05, 0) is 42.7 Å². The number of pyridine rings is 1. The molecule has 0 aliphatic rings. The SMILES string of the molecule is CCOc1ccc(NC(=O)CSc2c(C(C)C)cnc3c2c(=O)n(C)c(=O)n3C)cc1. The van der Waals surface area contributed by atoms with Gasteiger partial charge in [0.05, 0.1) is 17.7 Å². The first kappa shape index (κ1) is 22.6. The summed E-state index contributed by atoms with van der Waals surface area (Å²) in [5.41, 5.74) is 0.985. The molecule has 0 unspecified atom stereocenters. The van der Waals surface area contributed by atoms with Crippen molar-refractivity contribution in [1.29, 1.82) is 0 Å². The zero-order chi connectivity index (χ0) is 22.7. The molecule has 8 nitrogen and oxygen atoms in total. The lowest BCUT2D eigenvalue weighted by atomic mass is 10.0. The van der Waals surface area contributed by atoms with E-state index in [4.69, 9.17) is 4.74 Å². The largest absolute Gasteiger partial charge is 0.494 e. The summed E-state index contributed by atoms with van der Waals surface area (Å²) >= 11 is 1.28. The highest BCUT2D eigenvalue weighted by Gasteiger charge is 2.20. The van der Waals surface area contributed by atoms with Crippen LogP contribution in [0.1, 0.15) is 32.3 Å². The van der Waals surface area contributed by atoms with Crippen LogP contribution in [0.15, 0.2) is 44.9 Å². The lowest BCUT2D eigenvalue weighted by Crippen LogP contribution is -2.37. The first-order valence-corrected chi connectivity index (χ1v) is 11.0. The lowest BCUT2D eigenvalue weighted by Gasteiger charge is -2.16. The molecule has 9 heteroatoms. The molecule has 0 radical (unpaired) electrons. The molecule has 1 amide bonds. The van der Waals surface area contributed by atoms with E-state index in [9.17, 15) is 14.4 Å². The summed E-state index contributed by atoms with van der Waals surface area (Å²) in [6.07, 6.45) is 1.68. The van der Waals surface area contributed by atoms with E-state index in [0.717, 1.165) is 15.9 Å². The molecule has 164 valence electrons. The average Bonchev–Trinajstić information content (AvgIpc) is 2.75. The molecule has 1 N–H and O–H groups in total. The Morgan fingerprint density at radius 2 is 1.84 bits per heavy atom. The van der Waals surface area contributed by atoms with Gasteiger partial charge in [0.25, 0.3) is 5.56 Å². The second-order valence-electron chi connectivity index (χ2n) is 7.40. The third-order valence-electron chi connectivity index (χ3n) is 4.87. The van der Waals surface area contributed by atoms with Crippen LogP contribution in [0.5, 0.6) is 5.75 Å². The minimum absolute atomic E-state index is 0.0931. The second kappa shape index (κ2) is 9.38. The Labute approximate surface area is 184 Å². The molecule has 2 aromatic heterocycles. The standard InChI is InChI=1S/C22H26N4O4S/c1-6-30-15-9-7-14(8-10-15)24-17(27)12-31-19-16(13(2)3)11-23-20-18(19)21(28)26(5)22(29)25(20)4/h7-11,13H,6,12H2,1-5H3,(H,24,27). The van der Waals surface area contributed by atoms with Gasteiger partial charge >= 0.3 is 5.69 Å². The van der Waals surface area contributed by atoms with Crippen molar-refractivity contribution in [3.63, 3.8) is 0 Å². The Balaban J connectivity index is 1.91. The van der Waals surface area contributed by atoms with Crippen LogP contribution in [0.4, 0.5) is 5.69 Å². The fraction of sp³-hybridized carbons (Fsp3) is 0.364. The summed E-state index contributed by atoms with van der Waals surface area (Å²) in [5, 5.41) is 3.21. The summed E-state index contributed by atoms with van der Waals surface area (Å²) in [6.45, 7) is 6.48. The van der Waals surface area contributed by atoms with Crippen LogP contribution in [0.25, 0.3) is 11.0 Å². The number of fused-ring (bicyclic) bond motifs is 1. The van der Waals surface area contributed by atoms with Crippen molar-refractivity contribution >= 4 is 34.4 Å². The maximum absolute atomic E-state index is 12.9. The van der Waals surface area contributed by atoms with Crippen LogP contribution in [-0.2, 0) is 18.9 Å². The molecule has 0 saturated heterocycles. The number of benzene rings is 1. The monoisotopic (exact) mass is 442 g/mol. The molecule has 0 aliphatic heterocycles. The Morgan fingerprint density at radius 3 is 2.45 bits per heavy atom. The van der Waals surface area contributed by atoms with Gasteiger partial charge in [0.15, 0.2) is 0 Å². The number of aryl methyl sites for hydroxylation is 1. The molecule has 3 rings (SSSR count). The van der Waals surface area contributed by atoms with Crippen molar-refractivity contribution in [2.75, 3.05) is 17.7 Å². The lowest BCUT2D eigenvalue weighted by molar-refractivity contribution is -0.113. The van der Waals surface area contributed by atoms with E-state index < -0.39 is 11.2 Å².